The molecular formula is C10H14Cl2O4. The maximum Gasteiger partial charge on any atom is 0.247 e. The number of halogens is 2. The van der Waals surface area contributed by atoms with Gasteiger partial charge < -0.3 is 9.47 Å². The van der Waals surface area contributed by atoms with Gasteiger partial charge in [-0.3, -0.25) is 9.59 Å². The number of carbonyl (C=O) groups excluding carboxylic acids is 2. The monoisotopic (exact) mass is 268 g/mol. The van der Waals surface area contributed by atoms with Crippen LogP contribution in [0.25, 0.3) is 0 Å². The van der Waals surface area contributed by atoms with Crippen LogP contribution in [0, 0.1) is 0 Å². The Labute approximate surface area is 104 Å². The van der Waals surface area contributed by atoms with E-state index < -0.39 is 10.5 Å². The summed E-state index contributed by atoms with van der Waals surface area (Å²) in [6.07, 6.45) is 3.35. The van der Waals surface area contributed by atoms with E-state index in [2.05, 4.69) is 0 Å². The Morgan fingerprint density at radius 3 is 1.81 bits per heavy atom. The molecule has 1 aliphatic carbocycles. The van der Waals surface area contributed by atoms with Crippen molar-refractivity contribution in [3.8, 4) is 0 Å². The van der Waals surface area contributed by atoms with Gasteiger partial charge in [0.05, 0.1) is 12.2 Å². The molecule has 92 valence electrons. The number of carbonyl (C=O) groups is 2. The first-order valence-corrected chi connectivity index (χ1v) is 5.93. The third kappa shape index (κ3) is 5.80. The van der Waals surface area contributed by atoms with Crippen LogP contribution in [0.2, 0.25) is 0 Å². The van der Waals surface area contributed by atoms with Crippen molar-refractivity contribution < 1.29 is 19.1 Å². The molecule has 0 N–H and O–H groups in total. The van der Waals surface area contributed by atoms with E-state index in [0.29, 0.717) is 6.42 Å². The van der Waals surface area contributed by atoms with E-state index in [0.717, 1.165) is 19.3 Å². The van der Waals surface area contributed by atoms with Crippen molar-refractivity contribution in [2.75, 3.05) is 13.2 Å². The van der Waals surface area contributed by atoms with Gasteiger partial charge in [0.2, 0.25) is 10.5 Å². The van der Waals surface area contributed by atoms with Crippen LogP contribution in [0.5, 0.6) is 0 Å². The molecule has 2 unspecified atom stereocenters. The van der Waals surface area contributed by atoms with Gasteiger partial charge in [0.15, 0.2) is 0 Å². The fourth-order valence-electron chi connectivity index (χ4n) is 1.77. The van der Waals surface area contributed by atoms with Gasteiger partial charge in [-0.15, -0.1) is 0 Å². The molecule has 0 spiro atoms. The first kappa shape index (κ1) is 13.9. The fraction of sp³-hybridized carbons (Fsp3) is 0.800. The van der Waals surface area contributed by atoms with Crippen molar-refractivity contribution >= 4 is 33.7 Å². The molecule has 16 heavy (non-hydrogen) atoms. The maximum absolute atomic E-state index is 10.5. The quantitative estimate of drug-likeness (QED) is 0.691. The summed E-state index contributed by atoms with van der Waals surface area (Å²) in [7, 11) is 0. The van der Waals surface area contributed by atoms with E-state index in [4.69, 9.17) is 32.7 Å². The normalized spacial score (nSPS) is 25.4. The highest BCUT2D eigenvalue weighted by Gasteiger charge is 2.23. The molecule has 1 fully saturated rings. The number of rotatable bonds is 6. The van der Waals surface area contributed by atoms with E-state index in [-0.39, 0.29) is 25.4 Å². The summed E-state index contributed by atoms with van der Waals surface area (Å²) in [5.41, 5.74) is 0. The molecule has 1 rings (SSSR count). The summed E-state index contributed by atoms with van der Waals surface area (Å²) in [5, 5.41) is -1.00. The van der Waals surface area contributed by atoms with Crippen molar-refractivity contribution in [2.45, 2.75) is 37.9 Å². The average Bonchev–Trinajstić information content (AvgIpc) is 2.24. The molecule has 0 aromatic heterocycles. The molecule has 0 bridgehead atoms. The number of hydrogen-bond donors (Lipinski definition) is 0. The van der Waals surface area contributed by atoms with Gasteiger partial charge in [-0.1, -0.05) is 0 Å². The lowest BCUT2D eigenvalue weighted by Gasteiger charge is -2.28. The summed E-state index contributed by atoms with van der Waals surface area (Å²) in [6, 6.07) is 0. The van der Waals surface area contributed by atoms with Gasteiger partial charge in [0.1, 0.15) is 13.2 Å². The van der Waals surface area contributed by atoms with Crippen LogP contribution < -0.4 is 0 Å². The van der Waals surface area contributed by atoms with E-state index in [1.807, 2.05) is 0 Å². The van der Waals surface area contributed by atoms with Crippen LogP contribution >= 0.6 is 23.2 Å². The lowest BCUT2D eigenvalue weighted by atomic mass is 9.95. The Hall–Kier alpha value is -0.160. The van der Waals surface area contributed by atoms with Crippen LogP contribution in [-0.4, -0.2) is 35.9 Å². The fourth-order valence-corrected chi connectivity index (χ4v) is 1.90. The summed E-state index contributed by atoms with van der Waals surface area (Å²) in [6.45, 7) is -0.152. The second kappa shape index (κ2) is 7.22. The minimum Gasteiger partial charge on any atom is -0.369 e. The number of hydrogen-bond acceptors (Lipinski definition) is 4. The highest BCUT2D eigenvalue weighted by Crippen LogP contribution is 2.23. The molecule has 6 heteroatoms. The standard InChI is InChI=1S/C10H14Cl2O4/c11-9(13)5-15-7-2-1-3-8(4-7)16-6-10(12)14/h7-8H,1-6H2. The lowest BCUT2D eigenvalue weighted by Crippen LogP contribution is -2.30. The SMILES string of the molecule is O=C(Cl)COC1CCCC(OCC(=O)Cl)C1. The minimum absolute atomic E-state index is 0.0214. The molecule has 0 amide bonds. The molecule has 2 atom stereocenters. The molecule has 0 aromatic carbocycles. The van der Waals surface area contributed by atoms with E-state index in [9.17, 15) is 9.59 Å². The summed E-state index contributed by atoms with van der Waals surface area (Å²) < 4.78 is 10.6. The van der Waals surface area contributed by atoms with Crippen LogP contribution in [0.15, 0.2) is 0 Å². The molecule has 1 saturated carbocycles. The average molecular weight is 269 g/mol. The zero-order valence-corrected chi connectivity index (χ0v) is 10.3. The maximum atomic E-state index is 10.5. The Kier molecular flexibility index (Phi) is 6.28. The zero-order chi connectivity index (χ0) is 12.0. The second-order valence-corrected chi connectivity index (χ2v) is 4.59. The van der Waals surface area contributed by atoms with Gasteiger partial charge in [-0.2, -0.15) is 0 Å². The predicted octanol–water partition coefficient (Wildman–Crippen LogP) is 1.86. The van der Waals surface area contributed by atoms with Crippen molar-refractivity contribution in [3.05, 3.63) is 0 Å². The minimum atomic E-state index is -0.501. The van der Waals surface area contributed by atoms with Gasteiger partial charge in [-0.25, -0.2) is 0 Å². The summed E-state index contributed by atoms with van der Waals surface area (Å²) in [4.78, 5) is 21.1. The van der Waals surface area contributed by atoms with E-state index >= 15 is 0 Å². The van der Waals surface area contributed by atoms with Crippen molar-refractivity contribution in [3.63, 3.8) is 0 Å². The zero-order valence-electron chi connectivity index (χ0n) is 8.79. The van der Waals surface area contributed by atoms with E-state index in [1.165, 1.54) is 0 Å². The van der Waals surface area contributed by atoms with Crippen LogP contribution in [0.3, 0.4) is 0 Å². The Bertz CT molecular complexity index is 233. The molecule has 0 aromatic rings. The smallest absolute Gasteiger partial charge is 0.247 e. The lowest BCUT2D eigenvalue weighted by molar-refractivity contribution is -0.123. The van der Waals surface area contributed by atoms with Gasteiger partial charge in [0.25, 0.3) is 0 Å². The van der Waals surface area contributed by atoms with Crippen molar-refractivity contribution in [1.29, 1.82) is 0 Å². The molecule has 0 heterocycles. The van der Waals surface area contributed by atoms with Crippen LogP contribution in [0.4, 0.5) is 0 Å². The van der Waals surface area contributed by atoms with Gasteiger partial charge in [0, 0.05) is 0 Å². The predicted molar refractivity (Wildman–Crippen MR) is 59.7 cm³/mol. The Morgan fingerprint density at radius 2 is 1.44 bits per heavy atom. The summed E-state index contributed by atoms with van der Waals surface area (Å²) >= 11 is 10.4. The Balaban J connectivity index is 2.24. The molecule has 4 nitrogen and oxygen atoms in total. The molecule has 0 radical (unpaired) electrons. The topological polar surface area (TPSA) is 52.6 Å². The third-order valence-electron chi connectivity index (χ3n) is 2.44. The first-order chi connectivity index (χ1) is 7.58. The molecule has 1 aliphatic rings. The van der Waals surface area contributed by atoms with Crippen LogP contribution in [-0.2, 0) is 19.1 Å². The van der Waals surface area contributed by atoms with Crippen molar-refractivity contribution in [1.82, 2.24) is 0 Å². The van der Waals surface area contributed by atoms with Crippen molar-refractivity contribution in [2.24, 2.45) is 0 Å². The first-order valence-electron chi connectivity index (χ1n) is 5.18. The molecule has 0 aliphatic heterocycles. The molecule has 0 saturated heterocycles. The highest BCUT2D eigenvalue weighted by molar-refractivity contribution is 6.64. The van der Waals surface area contributed by atoms with Gasteiger partial charge >= 0.3 is 0 Å². The third-order valence-corrected chi connectivity index (χ3v) is 2.66. The summed E-state index contributed by atoms with van der Waals surface area (Å²) in [5.74, 6) is 0. The highest BCUT2D eigenvalue weighted by atomic mass is 35.5. The second-order valence-electron chi connectivity index (χ2n) is 3.74. The van der Waals surface area contributed by atoms with Crippen LogP contribution in [0.1, 0.15) is 25.7 Å². The Morgan fingerprint density at radius 1 is 1.00 bits per heavy atom. The number of ether oxygens (including phenoxy) is 2. The molecular weight excluding hydrogens is 255 g/mol. The largest absolute Gasteiger partial charge is 0.369 e. The van der Waals surface area contributed by atoms with E-state index in [1.54, 1.807) is 0 Å². The van der Waals surface area contributed by atoms with Gasteiger partial charge in [-0.05, 0) is 48.9 Å².